The van der Waals surface area contributed by atoms with Crippen LogP contribution in [0.15, 0.2) is 23.2 Å². The number of rotatable bonds is 3. The first kappa shape index (κ1) is 11.3. The zero-order chi connectivity index (χ0) is 11.5. The van der Waals surface area contributed by atoms with Gasteiger partial charge in [0, 0.05) is 19.4 Å². The van der Waals surface area contributed by atoms with Gasteiger partial charge in [0.05, 0.1) is 11.0 Å². The second-order valence-electron chi connectivity index (χ2n) is 3.13. The first-order valence-corrected chi connectivity index (χ1v) is 5.71. The quantitative estimate of drug-likeness (QED) is 0.884. The molecule has 2 heterocycles. The van der Waals surface area contributed by atoms with E-state index in [1.165, 1.54) is 6.33 Å². The minimum Gasteiger partial charge on any atom is -0.362 e. The lowest BCUT2D eigenvalue weighted by Crippen LogP contribution is -2.07. The van der Waals surface area contributed by atoms with Gasteiger partial charge >= 0.3 is 0 Å². The van der Waals surface area contributed by atoms with E-state index in [2.05, 4.69) is 36.2 Å². The van der Waals surface area contributed by atoms with Gasteiger partial charge in [-0.05, 0) is 15.9 Å². The van der Waals surface area contributed by atoms with Crippen LogP contribution in [0.2, 0.25) is 5.15 Å². The van der Waals surface area contributed by atoms with Gasteiger partial charge in [0.15, 0.2) is 0 Å². The standard InChI is InChI=1S/C9H9BrClN5/c1-16-3-2-12-6(16)4-13-9-7(10)8(11)14-5-15-9/h2-3,5H,4H2,1H3,(H,13,14,15). The number of nitrogens with zero attached hydrogens (tertiary/aromatic N) is 4. The van der Waals surface area contributed by atoms with E-state index in [9.17, 15) is 0 Å². The van der Waals surface area contributed by atoms with Crippen LogP contribution < -0.4 is 5.32 Å². The molecule has 0 bridgehead atoms. The zero-order valence-electron chi connectivity index (χ0n) is 8.48. The minimum absolute atomic E-state index is 0.386. The zero-order valence-corrected chi connectivity index (χ0v) is 10.8. The van der Waals surface area contributed by atoms with Crippen LogP contribution in [0.3, 0.4) is 0 Å². The van der Waals surface area contributed by atoms with Crippen LogP contribution in [0.1, 0.15) is 5.82 Å². The lowest BCUT2D eigenvalue weighted by atomic mass is 10.5. The smallest absolute Gasteiger partial charge is 0.148 e. The van der Waals surface area contributed by atoms with Crippen molar-refractivity contribution in [2.45, 2.75) is 6.54 Å². The Morgan fingerprint density at radius 3 is 2.94 bits per heavy atom. The molecule has 0 amide bonds. The van der Waals surface area contributed by atoms with Crippen molar-refractivity contribution in [1.29, 1.82) is 0 Å². The van der Waals surface area contributed by atoms with E-state index >= 15 is 0 Å². The summed E-state index contributed by atoms with van der Waals surface area (Å²) in [6.07, 6.45) is 5.05. The van der Waals surface area contributed by atoms with Gasteiger partial charge in [-0.3, -0.25) is 0 Å². The number of aromatic nitrogens is 4. The number of nitrogens with one attached hydrogen (secondary N) is 1. The van der Waals surface area contributed by atoms with E-state index in [1.807, 2.05) is 17.8 Å². The summed E-state index contributed by atoms with van der Waals surface area (Å²) in [5, 5.41) is 3.52. The van der Waals surface area contributed by atoms with Crippen LogP contribution in [0.25, 0.3) is 0 Å². The monoisotopic (exact) mass is 301 g/mol. The predicted molar refractivity (Wildman–Crippen MR) is 65.3 cm³/mol. The van der Waals surface area contributed by atoms with Gasteiger partial charge in [-0.25, -0.2) is 15.0 Å². The summed E-state index contributed by atoms with van der Waals surface area (Å²) in [4.78, 5) is 12.1. The number of hydrogen-bond donors (Lipinski definition) is 1. The molecule has 1 N–H and O–H groups in total. The fourth-order valence-corrected chi connectivity index (χ4v) is 1.68. The van der Waals surface area contributed by atoms with E-state index in [-0.39, 0.29) is 0 Å². The van der Waals surface area contributed by atoms with Gasteiger partial charge in [-0.15, -0.1) is 0 Å². The highest BCUT2D eigenvalue weighted by Gasteiger charge is 2.07. The maximum absolute atomic E-state index is 5.85. The van der Waals surface area contributed by atoms with E-state index in [0.29, 0.717) is 22.0 Å². The topological polar surface area (TPSA) is 55.6 Å². The van der Waals surface area contributed by atoms with E-state index < -0.39 is 0 Å². The van der Waals surface area contributed by atoms with Gasteiger partial charge in [0.1, 0.15) is 23.1 Å². The number of aryl methyl sites for hydroxylation is 1. The molecule has 0 aromatic carbocycles. The molecule has 0 unspecified atom stereocenters. The number of imidazole rings is 1. The molecule has 0 aliphatic heterocycles. The Labute approximate surface area is 106 Å². The summed E-state index contributed by atoms with van der Waals surface area (Å²) in [6.45, 7) is 0.579. The fraction of sp³-hybridized carbons (Fsp3) is 0.222. The highest BCUT2D eigenvalue weighted by atomic mass is 79.9. The average molecular weight is 303 g/mol. The van der Waals surface area contributed by atoms with Gasteiger partial charge in [-0.2, -0.15) is 0 Å². The summed E-state index contributed by atoms with van der Waals surface area (Å²) >= 11 is 9.16. The molecule has 7 heteroatoms. The minimum atomic E-state index is 0.386. The number of anilines is 1. The lowest BCUT2D eigenvalue weighted by Gasteiger charge is -2.07. The third-order valence-corrected chi connectivity index (χ3v) is 3.35. The van der Waals surface area contributed by atoms with Crippen molar-refractivity contribution < 1.29 is 0 Å². The lowest BCUT2D eigenvalue weighted by molar-refractivity contribution is 0.810. The fourth-order valence-electron chi connectivity index (χ4n) is 1.20. The van der Waals surface area contributed by atoms with Crippen LogP contribution in [0, 0.1) is 0 Å². The molecule has 2 aromatic rings. The molecule has 0 aliphatic rings. The molecule has 2 rings (SSSR count). The molecule has 2 aromatic heterocycles. The number of hydrogen-bond acceptors (Lipinski definition) is 4. The normalized spacial score (nSPS) is 10.4. The molecular weight excluding hydrogens is 293 g/mol. The highest BCUT2D eigenvalue weighted by molar-refractivity contribution is 9.10. The van der Waals surface area contributed by atoms with Gasteiger partial charge in [0.25, 0.3) is 0 Å². The van der Waals surface area contributed by atoms with Gasteiger partial charge in [-0.1, -0.05) is 11.6 Å². The van der Waals surface area contributed by atoms with E-state index in [4.69, 9.17) is 11.6 Å². The molecule has 0 saturated heterocycles. The van der Waals surface area contributed by atoms with Crippen molar-refractivity contribution >= 4 is 33.3 Å². The Hall–Kier alpha value is -1.14. The third-order valence-electron chi connectivity index (χ3n) is 2.08. The van der Waals surface area contributed by atoms with Crippen LogP contribution in [0.4, 0.5) is 5.82 Å². The van der Waals surface area contributed by atoms with Gasteiger partial charge in [0.2, 0.25) is 0 Å². The maximum atomic E-state index is 5.85. The molecule has 0 aliphatic carbocycles. The van der Waals surface area contributed by atoms with Crippen LogP contribution in [-0.2, 0) is 13.6 Å². The Kier molecular flexibility index (Phi) is 3.40. The van der Waals surface area contributed by atoms with Crippen LogP contribution in [0.5, 0.6) is 0 Å². The molecule has 0 atom stereocenters. The third kappa shape index (κ3) is 2.33. The van der Waals surface area contributed by atoms with Crippen molar-refractivity contribution in [3.05, 3.63) is 34.2 Å². The van der Waals surface area contributed by atoms with E-state index in [0.717, 1.165) is 5.82 Å². The molecular formula is C9H9BrClN5. The van der Waals surface area contributed by atoms with Crippen molar-refractivity contribution in [3.63, 3.8) is 0 Å². The summed E-state index contributed by atoms with van der Waals surface area (Å²) < 4.78 is 2.59. The number of halogens is 2. The highest BCUT2D eigenvalue weighted by Crippen LogP contribution is 2.26. The Morgan fingerprint density at radius 1 is 1.44 bits per heavy atom. The van der Waals surface area contributed by atoms with Crippen molar-refractivity contribution in [2.75, 3.05) is 5.32 Å². The molecule has 0 spiro atoms. The SMILES string of the molecule is Cn1ccnc1CNc1ncnc(Cl)c1Br. The molecule has 5 nitrogen and oxygen atoms in total. The summed E-state index contributed by atoms with van der Waals surface area (Å²) in [5.41, 5.74) is 0. The van der Waals surface area contributed by atoms with Crippen molar-refractivity contribution in [3.8, 4) is 0 Å². The van der Waals surface area contributed by atoms with Crippen LogP contribution in [-0.4, -0.2) is 19.5 Å². The van der Waals surface area contributed by atoms with Gasteiger partial charge < -0.3 is 9.88 Å². The molecule has 84 valence electrons. The molecule has 0 fully saturated rings. The first-order valence-electron chi connectivity index (χ1n) is 4.54. The summed E-state index contributed by atoms with van der Waals surface area (Å²) in [5.74, 6) is 1.57. The maximum Gasteiger partial charge on any atom is 0.148 e. The second-order valence-corrected chi connectivity index (χ2v) is 4.29. The largest absolute Gasteiger partial charge is 0.362 e. The van der Waals surface area contributed by atoms with Crippen LogP contribution >= 0.6 is 27.5 Å². The van der Waals surface area contributed by atoms with Crippen molar-refractivity contribution in [1.82, 2.24) is 19.5 Å². The van der Waals surface area contributed by atoms with E-state index in [1.54, 1.807) is 6.20 Å². The first-order chi connectivity index (χ1) is 7.68. The molecule has 0 radical (unpaired) electrons. The Morgan fingerprint density at radius 2 is 2.25 bits per heavy atom. The Bertz CT molecular complexity index is 498. The molecule has 16 heavy (non-hydrogen) atoms. The second kappa shape index (κ2) is 4.80. The van der Waals surface area contributed by atoms with Crippen molar-refractivity contribution in [2.24, 2.45) is 7.05 Å². The molecule has 0 saturated carbocycles. The average Bonchev–Trinajstić information content (AvgIpc) is 2.67. The Balaban J connectivity index is 2.11. The predicted octanol–water partition coefficient (Wildman–Crippen LogP) is 2.24. The summed E-state index contributed by atoms with van der Waals surface area (Å²) in [7, 11) is 1.94. The summed E-state index contributed by atoms with van der Waals surface area (Å²) in [6, 6.07) is 0.